The highest BCUT2D eigenvalue weighted by molar-refractivity contribution is 6.30. The molecule has 1 unspecified atom stereocenters. The Morgan fingerprint density at radius 2 is 1.93 bits per heavy atom. The van der Waals surface area contributed by atoms with Crippen molar-refractivity contribution < 1.29 is 0 Å². The molecule has 0 aliphatic rings. The van der Waals surface area contributed by atoms with Crippen molar-refractivity contribution in [3.05, 3.63) is 34.9 Å². The molecular formula is C13H18Cl2. The summed E-state index contributed by atoms with van der Waals surface area (Å²) in [5, 5.41) is 0.801. The topological polar surface area (TPSA) is 0 Å². The van der Waals surface area contributed by atoms with Crippen LogP contribution in [0, 0.1) is 11.3 Å². The zero-order chi connectivity index (χ0) is 11.5. The average molecular weight is 245 g/mol. The Morgan fingerprint density at radius 3 is 2.40 bits per heavy atom. The quantitative estimate of drug-likeness (QED) is 0.672. The molecule has 0 radical (unpaired) electrons. The molecule has 1 atom stereocenters. The minimum atomic E-state index is 0.240. The summed E-state index contributed by atoms with van der Waals surface area (Å²) in [6.07, 6.45) is 0.994. The second-order valence-electron chi connectivity index (χ2n) is 5.05. The third kappa shape index (κ3) is 4.04. The molecule has 2 heteroatoms. The van der Waals surface area contributed by atoms with E-state index in [9.17, 15) is 0 Å². The Balaban J connectivity index is 2.76. The van der Waals surface area contributed by atoms with Crippen molar-refractivity contribution in [1.82, 2.24) is 0 Å². The molecule has 0 aliphatic heterocycles. The molecule has 15 heavy (non-hydrogen) atoms. The van der Waals surface area contributed by atoms with Crippen molar-refractivity contribution in [1.29, 1.82) is 0 Å². The van der Waals surface area contributed by atoms with Crippen LogP contribution in [0.5, 0.6) is 0 Å². The Bertz CT molecular complexity index is 313. The first-order valence-electron chi connectivity index (χ1n) is 5.24. The van der Waals surface area contributed by atoms with Crippen LogP contribution in [-0.2, 0) is 6.42 Å². The molecule has 0 spiro atoms. The first-order valence-corrected chi connectivity index (χ1v) is 6.15. The van der Waals surface area contributed by atoms with Crippen LogP contribution >= 0.6 is 23.2 Å². The van der Waals surface area contributed by atoms with Gasteiger partial charge in [0, 0.05) is 10.9 Å². The summed E-state index contributed by atoms with van der Waals surface area (Å²) >= 11 is 12.0. The van der Waals surface area contributed by atoms with Gasteiger partial charge in [-0.2, -0.15) is 0 Å². The van der Waals surface area contributed by atoms with E-state index in [2.05, 4.69) is 26.8 Å². The van der Waals surface area contributed by atoms with Gasteiger partial charge in [-0.3, -0.25) is 0 Å². The van der Waals surface area contributed by atoms with E-state index in [-0.39, 0.29) is 5.41 Å². The maximum Gasteiger partial charge on any atom is 0.0408 e. The van der Waals surface area contributed by atoms with Crippen LogP contribution in [0.2, 0.25) is 5.02 Å². The molecular weight excluding hydrogens is 227 g/mol. The minimum Gasteiger partial charge on any atom is -0.126 e. The molecule has 1 rings (SSSR count). The van der Waals surface area contributed by atoms with Crippen molar-refractivity contribution in [3.8, 4) is 0 Å². The van der Waals surface area contributed by atoms with E-state index in [4.69, 9.17) is 23.2 Å². The van der Waals surface area contributed by atoms with Gasteiger partial charge in [0.15, 0.2) is 0 Å². The Morgan fingerprint density at radius 1 is 1.27 bits per heavy atom. The normalized spacial score (nSPS) is 13.9. The smallest absolute Gasteiger partial charge is 0.0408 e. The largest absolute Gasteiger partial charge is 0.126 e. The molecule has 0 heterocycles. The standard InChI is InChI=1S/C13H18Cl2/c1-13(2,3)11(9-14)7-10-5-4-6-12(15)8-10/h4-6,8,11H,7,9H2,1-3H3. The molecule has 0 saturated carbocycles. The van der Waals surface area contributed by atoms with Crippen LogP contribution in [0.15, 0.2) is 24.3 Å². The van der Waals surface area contributed by atoms with Crippen LogP contribution in [0.25, 0.3) is 0 Å². The highest BCUT2D eigenvalue weighted by Crippen LogP contribution is 2.30. The predicted octanol–water partition coefficient (Wildman–Crippen LogP) is 4.78. The molecule has 0 bridgehead atoms. The monoisotopic (exact) mass is 244 g/mol. The Kier molecular flexibility index (Phi) is 4.48. The van der Waals surface area contributed by atoms with Crippen molar-refractivity contribution in [2.45, 2.75) is 27.2 Å². The summed E-state index contributed by atoms with van der Waals surface area (Å²) in [5.74, 6) is 1.17. The van der Waals surface area contributed by atoms with Gasteiger partial charge < -0.3 is 0 Å². The molecule has 0 fully saturated rings. The number of alkyl halides is 1. The Labute approximate surface area is 103 Å². The van der Waals surface area contributed by atoms with Crippen molar-refractivity contribution in [2.75, 3.05) is 5.88 Å². The van der Waals surface area contributed by atoms with Gasteiger partial charge in [-0.1, -0.05) is 44.5 Å². The third-order valence-electron chi connectivity index (χ3n) is 2.78. The Hall–Kier alpha value is -0.200. The van der Waals surface area contributed by atoms with E-state index in [1.165, 1.54) is 5.56 Å². The number of hydrogen-bond acceptors (Lipinski definition) is 0. The molecule has 0 nitrogen and oxygen atoms in total. The zero-order valence-corrected chi connectivity index (χ0v) is 11.1. The summed E-state index contributed by atoms with van der Waals surface area (Å²) in [6.45, 7) is 6.68. The first-order chi connectivity index (χ1) is 6.93. The van der Waals surface area contributed by atoms with Crippen LogP contribution < -0.4 is 0 Å². The summed E-state index contributed by atoms with van der Waals surface area (Å²) in [7, 11) is 0. The fourth-order valence-electron chi connectivity index (χ4n) is 1.54. The molecule has 1 aromatic rings. The highest BCUT2D eigenvalue weighted by atomic mass is 35.5. The maximum absolute atomic E-state index is 6.01. The summed E-state index contributed by atoms with van der Waals surface area (Å²) in [5.41, 5.74) is 1.51. The van der Waals surface area contributed by atoms with Gasteiger partial charge >= 0.3 is 0 Å². The first kappa shape index (κ1) is 12.9. The van der Waals surface area contributed by atoms with Gasteiger partial charge in [0.1, 0.15) is 0 Å². The molecule has 0 aliphatic carbocycles. The number of halogens is 2. The number of rotatable bonds is 3. The maximum atomic E-state index is 6.01. The van der Waals surface area contributed by atoms with Gasteiger partial charge in [-0.15, -0.1) is 11.6 Å². The third-order valence-corrected chi connectivity index (χ3v) is 3.39. The fraction of sp³-hybridized carbons (Fsp3) is 0.538. The van der Waals surface area contributed by atoms with E-state index >= 15 is 0 Å². The predicted molar refractivity (Wildman–Crippen MR) is 68.8 cm³/mol. The second-order valence-corrected chi connectivity index (χ2v) is 5.80. The van der Waals surface area contributed by atoms with Crippen molar-refractivity contribution in [2.24, 2.45) is 11.3 Å². The van der Waals surface area contributed by atoms with Gasteiger partial charge in [-0.05, 0) is 35.4 Å². The molecule has 1 aromatic carbocycles. The van der Waals surface area contributed by atoms with Gasteiger partial charge in [0.25, 0.3) is 0 Å². The molecule has 0 amide bonds. The van der Waals surface area contributed by atoms with Gasteiger partial charge in [-0.25, -0.2) is 0 Å². The fourth-order valence-corrected chi connectivity index (χ4v) is 2.33. The van der Waals surface area contributed by atoms with Crippen LogP contribution in [0.3, 0.4) is 0 Å². The van der Waals surface area contributed by atoms with E-state index in [1.54, 1.807) is 0 Å². The lowest BCUT2D eigenvalue weighted by atomic mass is 9.78. The van der Waals surface area contributed by atoms with Gasteiger partial charge in [0.05, 0.1) is 0 Å². The summed E-state index contributed by atoms with van der Waals surface area (Å²) in [6, 6.07) is 8.02. The lowest BCUT2D eigenvalue weighted by Crippen LogP contribution is -2.24. The van der Waals surface area contributed by atoms with Crippen molar-refractivity contribution in [3.63, 3.8) is 0 Å². The lowest BCUT2D eigenvalue weighted by molar-refractivity contribution is 0.264. The van der Waals surface area contributed by atoms with Crippen LogP contribution in [0.1, 0.15) is 26.3 Å². The van der Waals surface area contributed by atoms with Crippen molar-refractivity contribution >= 4 is 23.2 Å². The molecule has 0 N–H and O–H groups in total. The van der Waals surface area contributed by atoms with E-state index in [1.807, 2.05) is 18.2 Å². The van der Waals surface area contributed by atoms with E-state index < -0.39 is 0 Å². The van der Waals surface area contributed by atoms with E-state index in [0.29, 0.717) is 11.8 Å². The molecule has 0 aromatic heterocycles. The molecule has 84 valence electrons. The second kappa shape index (κ2) is 5.23. The number of benzene rings is 1. The summed E-state index contributed by atoms with van der Waals surface area (Å²) in [4.78, 5) is 0. The lowest BCUT2D eigenvalue weighted by Gasteiger charge is -2.29. The van der Waals surface area contributed by atoms with E-state index in [0.717, 1.165) is 11.4 Å². The average Bonchev–Trinajstić information content (AvgIpc) is 2.12. The minimum absolute atomic E-state index is 0.240. The van der Waals surface area contributed by atoms with Crippen LogP contribution in [-0.4, -0.2) is 5.88 Å². The van der Waals surface area contributed by atoms with Gasteiger partial charge in [0.2, 0.25) is 0 Å². The zero-order valence-electron chi connectivity index (χ0n) is 9.56. The highest BCUT2D eigenvalue weighted by Gasteiger charge is 2.23. The van der Waals surface area contributed by atoms with Crippen LogP contribution in [0.4, 0.5) is 0 Å². The SMILES string of the molecule is CC(C)(C)C(CCl)Cc1cccc(Cl)c1. The number of hydrogen-bond donors (Lipinski definition) is 0. The summed E-state index contributed by atoms with van der Waals surface area (Å²) < 4.78 is 0. The molecule has 0 saturated heterocycles.